The first-order valence-electron chi connectivity index (χ1n) is 8.82. The van der Waals surface area contributed by atoms with Crippen molar-refractivity contribution in [3.05, 3.63) is 59.7 Å². The van der Waals surface area contributed by atoms with Gasteiger partial charge < -0.3 is 26.2 Å². The lowest BCUT2D eigenvalue weighted by molar-refractivity contribution is -0.139. The molecular weight excluding hydrogens is 398 g/mol. The maximum absolute atomic E-state index is 12.1. The van der Waals surface area contributed by atoms with Gasteiger partial charge in [0.1, 0.15) is 12.6 Å². The molecule has 1 aliphatic rings. The van der Waals surface area contributed by atoms with Crippen molar-refractivity contribution in [3.63, 3.8) is 0 Å². The molecule has 0 aromatic heterocycles. The van der Waals surface area contributed by atoms with E-state index in [1.54, 1.807) is 0 Å². The van der Waals surface area contributed by atoms with E-state index in [0.717, 1.165) is 22.3 Å². The predicted molar refractivity (Wildman–Crippen MR) is 109 cm³/mol. The molecular formula is C20H22ClN3O5. The molecule has 154 valence electrons. The summed E-state index contributed by atoms with van der Waals surface area (Å²) in [7, 11) is 0. The number of carboxylic acid groups (broad SMARTS) is 1. The van der Waals surface area contributed by atoms with Crippen molar-refractivity contribution in [2.45, 2.75) is 12.0 Å². The molecule has 1 atom stereocenters. The van der Waals surface area contributed by atoms with Crippen LogP contribution in [0.1, 0.15) is 17.0 Å². The van der Waals surface area contributed by atoms with Gasteiger partial charge >= 0.3 is 12.1 Å². The van der Waals surface area contributed by atoms with E-state index in [1.165, 1.54) is 0 Å². The number of nitrogens with two attached hydrogens (primary N) is 1. The molecule has 0 spiro atoms. The van der Waals surface area contributed by atoms with Gasteiger partial charge in [-0.3, -0.25) is 4.79 Å². The first kappa shape index (κ1) is 22.2. The molecule has 3 rings (SSSR count). The second-order valence-corrected chi connectivity index (χ2v) is 6.37. The highest BCUT2D eigenvalue weighted by atomic mass is 35.5. The quantitative estimate of drug-likeness (QED) is 0.537. The van der Waals surface area contributed by atoms with E-state index >= 15 is 0 Å². The number of rotatable bonds is 7. The van der Waals surface area contributed by atoms with Crippen LogP contribution in [0, 0.1) is 0 Å². The van der Waals surface area contributed by atoms with Crippen molar-refractivity contribution in [3.8, 4) is 11.1 Å². The molecule has 29 heavy (non-hydrogen) atoms. The number of fused-ring (bicyclic) bond motifs is 3. The van der Waals surface area contributed by atoms with E-state index < -0.39 is 24.0 Å². The number of nitrogens with one attached hydrogen (secondary N) is 2. The molecule has 0 saturated carbocycles. The number of carbonyl (C=O) groups excluding carboxylic acids is 2. The lowest BCUT2D eigenvalue weighted by atomic mass is 9.98. The number of benzene rings is 2. The van der Waals surface area contributed by atoms with Gasteiger partial charge in [-0.05, 0) is 22.3 Å². The third-order valence-corrected chi connectivity index (χ3v) is 4.62. The number of aliphatic carboxylic acids is 1. The molecule has 0 aliphatic heterocycles. The van der Waals surface area contributed by atoms with Crippen LogP contribution in [0.15, 0.2) is 48.5 Å². The SMILES string of the molecule is Cl.NCC(=O)NC[C@H](NC(=O)OCC1c2ccccc2-c2ccccc21)C(=O)O. The highest BCUT2D eigenvalue weighted by Crippen LogP contribution is 2.44. The first-order valence-corrected chi connectivity index (χ1v) is 8.82. The Morgan fingerprint density at radius 3 is 2.10 bits per heavy atom. The minimum Gasteiger partial charge on any atom is -0.480 e. The zero-order valence-corrected chi connectivity index (χ0v) is 16.3. The minimum absolute atomic E-state index is 0. The third kappa shape index (κ3) is 5.04. The van der Waals surface area contributed by atoms with Crippen LogP contribution in [0.3, 0.4) is 0 Å². The van der Waals surface area contributed by atoms with Crippen molar-refractivity contribution >= 4 is 30.4 Å². The summed E-state index contributed by atoms with van der Waals surface area (Å²) in [5.41, 5.74) is 9.47. The predicted octanol–water partition coefficient (Wildman–Crippen LogP) is 1.47. The Morgan fingerprint density at radius 2 is 1.59 bits per heavy atom. The molecule has 1 aliphatic carbocycles. The molecule has 0 fully saturated rings. The number of halogens is 1. The standard InChI is InChI=1S/C20H21N3O5.ClH/c21-9-18(24)22-10-17(19(25)26)23-20(27)28-11-16-14-7-3-1-5-12(14)13-6-2-4-8-15(13)16;/h1-8,16-17H,9-11,21H2,(H,22,24)(H,23,27)(H,25,26);1H/t17-;/m0./s1. The fraction of sp³-hybridized carbons (Fsp3) is 0.250. The molecule has 0 unspecified atom stereocenters. The Hall–Kier alpha value is -3.10. The summed E-state index contributed by atoms with van der Waals surface area (Å²) in [5.74, 6) is -1.93. The molecule has 8 nitrogen and oxygen atoms in total. The van der Waals surface area contributed by atoms with Crippen LogP contribution in [0.25, 0.3) is 11.1 Å². The Bertz CT molecular complexity index is 860. The van der Waals surface area contributed by atoms with Gasteiger partial charge in [0.05, 0.1) is 6.54 Å². The molecule has 0 heterocycles. The number of amides is 2. The molecule has 0 saturated heterocycles. The van der Waals surface area contributed by atoms with E-state index in [9.17, 15) is 19.5 Å². The van der Waals surface area contributed by atoms with E-state index in [0.29, 0.717) is 0 Å². The monoisotopic (exact) mass is 419 g/mol. The van der Waals surface area contributed by atoms with Crippen molar-refractivity contribution in [2.24, 2.45) is 5.73 Å². The van der Waals surface area contributed by atoms with Crippen LogP contribution in [-0.2, 0) is 14.3 Å². The number of hydrogen-bond acceptors (Lipinski definition) is 5. The van der Waals surface area contributed by atoms with Gasteiger partial charge in [-0.25, -0.2) is 9.59 Å². The topological polar surface area (TPSA) is 131 Å². The number of ether oxygens (including phenoxy) is 1. The minimum atomic E-state index is -1.31. The van der Waals surface area contributed by atoms with Gasteiger partial charge in [0.25, 0.3) is 0 Å². The average molecular weight is 420 g/mol. The Balaban J connectivity index is 0.00000300. The van der Waals surface area contributed by atoms with Gasteiger partial charge in [0.15, 0.2) is 0 Å². The van der Waals surface area contributed by atoms with Crippen LogP contribution in [-0.4, -0.2) is 48.8 Å². The van der Waals surface area contributed by atoms with Gasteiger partial charge in [-0.15, -0.1) is 12.4 Å². The smallest absolute Gasteiger partial charge is 0.407 e. The largest absolute Gasteiger partial charge is 0.480 e. The molecule has 0 bridgehead atoms. The second-order valence-electron chi connectivity index (χ2n) is 6.37. The summed E-state index contributed by atoms with van der Waals surface area (Å²) >= 11 is 0. The number of alkyl carbamates (subject to hydrolysis) is 1. The zero-order valence-electron chi connectivity index (χ0n) is 15.5. The third-order valence-electron chi connectivity index (χ3n) is 4.62. The summed E-state index contributed by atoms with van der Waals surface area (Å²) in [5, 5.41) is 13.8. The maximum atomic E-state index is 12.1. The molecule has 2 amide bonds. The number of carbonyl (C=O) groups is 3. The van der Waals surface area contributed by atoms with Crippen molar-refractivity contribution in [1.82, 2.24) is 10.6 Å². The summed E-state index contributed by atoms with van der Waals surface area (Å²) in [6.45, 7) is -0.478. The van der Waals surface area contributed by atoms with E-state index in [2.05, 4.69) is 10.6 Å². The number of carboxylic acids is 1. The van der Waals surface area contributed by atoms with Crippen LogP contribution >= 0.6 is 12.4 Å². The van der Waals surface area contributed by atoms with Crippen LogP contribution < -0.4 is 16.4 Å². The Morgan fingerprint density at radius 1 is 1.03 bits per heavy atom. The van der Waals surface area contributed by atoms with Gasteiger partial charge in [-0.1, -0.05) is 48.5 Å². The normalized spacial score (nSPS) is 12.7. The van der Waals surface area contributed by atoms with Crippen LogP contribution in [0.2, 0.25) is 0 Å². The van der Waals surface area contributed by atoms with Crippen LogP contribution in [0.5, 0.6) is 0 Å². The fourth-order valence-electron chi connectivity index (χ4n) is 3.27. The highest BCUT2D eigenvalue weighted by molar-refractivity contribution is 5.85. The van der Waals surface area contributed by atoms with Crippen LogP contribution in [0.4, 0.5) is 4.79 Å². The molecule has 2 aromatic carbocycles. The van der Waals surface area contributed by atoms with Gasteiger partial charge in [0.2, 0.25) is 5.91 Å². The summed E-state index contributed by atoms with van der Waals surface area (Å²) in [6, 6.07) is 14.5. The van der Waals surface area contributed by atoms with E-state index in [4.69, 9.17) is 10.5 Å². The lowest BCUT2D eigenvalue weighted by Gasteiger charge is -2.17. The number of hydrogen-bond donors (Lipinski definition) is 4. The zero-order chi connectivity index (χ0) is 20.1. The summed E-state index contributed by atoms with van der Waals surface area (Å²) in [6.07, 6.45) is -0.865. The average Bonchev–Trinajstić information content (AvgIpc) is 3.03. The van der Waals surface area contributed by atoms with E-state index in [-0.39, 0.29) is 38.0 Å². The molecule has 2 aromatic rings. The molecule has 9 heteroatoms. The van der Waals surface area contributed by atoms with Gasteiger partial charge in [-0.2, -0.15) is 0 Å². The first-order chi connectivity index (χ1) is 13.5. The summed E-state index contributed by atoms with van der Waals surface area (Å²) < 4.78 is 5.30. The van der Waals surface area contributed by atoms with E-state index in [1.807, 2.05) is 48.5 Å². The summed E-state index contributed by atoms with van der Waals surface area (Å²) in [4.78, 5) is 34.6. The van der Waals surface area contributed by atoms with Crippen molar-refractivity contribution in [2.75, 3.05) is 19.7 Å². The van der Waals surface area contributed by atoms with Crippen molar-refractivity contribution in [1.29, 1.82) is 0 Å². The second kappa shape index (κ2) is 9.90. The van der Waals surface area contributed by atoms with Gasteiger partial charge in [0, 0.05) is 12.5 Å². The fourth-order valence-corrected chi connectivity index (χ4v) is 3.27. The maximum Gasteiger partial charge on any atom is 0.407 e. The molecule has 0 radical (unpaired) electrons. The Kier molecular flexibility index (Phi) is 7.58. The Labute approximate surface area is 173 Å². The van der Waals surface area contributed by atoms with Crippen molar-refractivity contribution < 1.29 is 24.2 Å². The lowest BCUT2D eigenvalue weighted by Crippen LogP contribution is -2.49. The highest BCUT2D eigenvalue weighted by Gasteiger charge is 2.29. The molecule has 5 N–H and O–H groups in total.